The van der Waals surface area contributed by atoms with Crippen LogP contribution in [-0.4, -0.2) is 11.6 Å². The van der Waals surface area contributed by atoms with Gasteiger partial charge < -0.3 is 10.5 Å². The molecule has 0 radical (unpaired) electrons. The van der Waals surface area contributed by atoms with Crippen molar-refractivity contribution in [3.8, 4) is 5.75 Å². The van der Waals surface area contributed by atoms with Crippen molar-refractivity contribution in [2.75, 3.05) is 12.3 Å². The summed E-state index contributed by atoms with van der Waals surface area (Å²) in [4.78, 5) is 3.96. The van der Waals surface area contributed by atoms with Crippen molar-refractivity contribution in [3.05, 3.63) is 53.3 Å². The summed E-state index contributed by atoms with van der Waals surface area (Å²) >= 11 is 5.90. The van der Waals surface area contributed by atoms with Crippen molar-refractivity contribution < 1.29 is 4.74 Å². The second kappa shape index (κ2) is 5.55. The summed E-state index contributed by atoms with van der Waals surface area (Å²) in [6.45, 7) is 0.601. The number of aromatic nitrogens is 1. The molecule has 0 aliphatic rings. The normalized spacial score (nSPS) is 10.2. The summed E-state index contributed by atoms with van der Waals surface area (Å²) < 4.78 is 5.59. The lowest BCUT2D eigenvalue weighted by Crippen LogP contribution is -2.01. The molecule has 88 valence electrons. The number of nitrogen functional groups attached to an aromatic ring is 1. The zero-order valence-corrected chi connectivity index (χ0v) is 10.0. The lowest BCUT2D eigenvalue weighted by atomic mass is 10.2. The van der Waals surface area contributed by atoms with Crippen LogP contribution < -0.4 is 10.5 Å². The molecule has 0 atom stereocenters. The molecule has 0 fully saturated rings. The van der Waals surface area contributed by atoms with Gasteiger partial charge in [-0.1, -0.05) is 11.6 Å². The molecule has 0 saturated carbocycles. The average Bonchev–Trinajstić information content (AvgIpc) is 2.35. The number of rotatable bonds is 4. The molecule has 1 aromatic heterocycles. The Morgan fingerprint density at radius 2 is 1.94 bits per heavy atom. The van der Waals surface area contributed by atoms with E-state index < -0.39 is 0 Å². The van der Waals surface area contributed by atoms with Gasteiger partial charge >= 0.3 is 0 Å². The molecule has 2 rings (SSSR count). The van der Waals surface area contributed by atoms with E-state index >= 15 is 0 Å². The molecule has 2 aromatic rings. The first kappa shape index (κ1) is 11.7. The van der Waals surface area contributed by atoms with E-state index in [1.807, 2.05) is 18.2 Å². The zero-order chi connectivity index (χ0) is 12.1. The van der Waals surface area contributed by atoms with E-state index in [9.17, 15) is 0 Å². The number of benzene rings is 1. The first-order valence-electron chi connectivity index (χ1n) is 5.32. The number of anilines is 1. The van der Waals surface area contributed by atoms with Crippen LogP contribution in [0.4, 0.5) is 5.69 Å². The van der Waals surface area contributed by atoms with Crippen LogP contribution in [0, 0.1) is 0 Å². The highest BCUT2D eigenvalue weighted by Gasteiger charge is 1.99. The Kier molecular flexibility index (Phi) is 3.83. The molecule has 4 heteroatoms. The molecule has 0 aliphatic carbocycles. The van der Waals surface area contributed by atoms with E-state index in [1.165, 1.54) is 5.56 Å². The first-order chi connectivity index (χ1) is 8.25. The molecule has 0 bridgehead atoms. The van der Waals surface area contributed by atoms with Crippen molar-refractivity contribution in [1.82, 2.24) is 4.98 Å². The van der Waals surface area contributed by atoms with Gasteiger partial charge in [0.15, 0.2) is 0 Å². The monoisotopic (exact) mass is 248 g/mol. The van der Waals surface area contributed by atoms with Gasteiger partial charge in [0.1, 0.15) is 5.75 Å². The van der Waals surface area contributed by atoms with Crippen molar-refractivity contribution in [2.24, 2.45) is 0 Å². The van der Waals surface area contributed by atoms with Crippen molar-refractivity contribution in [1.29, 1.82) is 0 Å². The molecule has 0 spiro atoms. The smallest absolute Gasteiger partial charge is 0.120 e. The molecule has 1 aromatic carbocycles. The van der Waals surface area contributed by atoms with Crippen molar-refractivity contribution in [2.45, 2.75) is 6.42 Å². The maximum Gasteiger partial charge on any atom is 0.120 e. The Hall–Kier alpha value is -1.74. The standard InChI is InChI=1S/C13H13ClN2O/c14-12-9-11(1-2-13(12)15)17-8-5-10-3-6-16-7-4-10/h1-4,6-7,9H,5,8,15H2. The molecule has 1 heterocycles. The van der Waals surface area contributed by atoms with Gasteiger partial charge in [0.05, 0.1) is 17.3 Å². The largest absolute Gasteiger partial charge is 0.493 e. The lowest BCUT2D eigenvalue weighted by Gasteiger charge is -2.07. The third-order valence-corrected chi connectivity index (χ3v) is 2.71. The first-order valence-corrected chi connectivity index (χ1v) is 5.70. The molecule has 17 heavy (non-hydrogen) atoms. The second-order valence-electron chi connectivity index (χ2n) is 3.64. The molecule has 0 saturated heterocycles. The van der Waals surface area contributed by atoms with E-state index in [2.05, 4.69) is 4.98 Å². The van der Waals surface area contributed by atoms with Crippen LogP contribution >= 0.6 is 11.6 Å². The highest BCUT2D eigenvalue weighted by Crippen LogP contribution is 2.24. The van der Waals surface area contributed by atoms with Crippen LogP contribution in [0.3, 0.4) is 0 Å². The van der Waals surface area contributed by atoms with Crippen LogP contribution in [0.5, 0.6) is 5.75 Å². The van der Waals surface area contributed by atoms with Crippen molar-refractivity contribution in [3.63, 3.8) is 0 Å². The van der Waals surface area contributed by atoms with E-state index in [1.54, 1.807) is 24.5 Å². The lowest BCUT2D eigenvalue weighted by molar-refractivity contribution is 0.322. The zero-order valence-electron chi connectivity index (χ0n) is 9.27. The molecule has 0 aliphatic heterocycles. The minimum atomic E-state index is 0.520. The van der Waals surface area contributed by atoms with Gasteiger partial charge in [-0.05, 0) is 29.8 Å². The number of nitrogens with zero attached hydrogens (tertiary/aromatic N) is 1. The topological polar surface area (TPSA) is 48.1 Å². The summed E-state index contributed by atoms with van der Waals surface area (Å²) in [7, 11) is 0. The molecule has 0 amide bonds. The van der Waals surface area contributed by atoms with Gasteiger partial charge in [-0.25, -0.2) is 0 Å². The maximum atomic E-state index is 5.90. The molecule has 2 N–H and O–H groups in total. The Labute approximate surface area is 105 Å². The van der Waals surface area contributed by atoms with Crippen LogP contribution in [0.2, 0.25) is 5.02 Å². The molecule has 3 nitrogen and oxygen atoms in total. The Morgan fingerprint density at radius 1 is 1.18 bits per heavy atom. The highest BCUT2D eigenvalue weighted by molar-refractivity contribution is 6.33. The fourth-order valence-corrected chi connectivity index (χ4v) is 1.60. The van der Waals surface area contributed by atoms with Gasteiger partial charge in [-0.2, -0.15) is 0 Å². The van der Waals surface area contributed by atoms with E-state index in [4.69, 9.17) is 22.1 Å². The Morgan fingerprint density at radius 3 is 2.65 bits per heavy atom. The summed E-state index contributed by atoms with van der Waals surface area (Å²) in [6, 6.07) is 9.22. The van der Waals surface area contributed by atoms with Crippen LogP contribution in [0.1, 0.15) is 5.56 Å². The van der Waals surface area contributed by atoms with Gasteiger partial charge in [-0.15, -0.1) is 0 Å². The fourth-order valence-electron chi connectivity index (χ4n) is 1.43. The summed E-state index contributed by atoms with van der Waals surface area (Å²) in [5.41, 5.74) is 7.37. The number of hydrogen-bond donors (Lipinski definition) is 1. The molecular formula is C13H13ClN2O. The average molecular weight is 249 g/mol. The Bertz CT molecular complexity index is 488. The SMILES string of the molecule is Nc1ccc(OCCc2ccncc2)cc1Cl. The van der Waals surface area contributed by atoms with Gasteiger partial charge in [0, 0.05) is 24.9 Å². The number of pyridine rings is 1. The van der Waals surface area contributed by atoms with Crippen molar-refractivity contribution >= 4 is 17.3 Å². The van der Waals surface area contributed by atoms with E-state index in [-0.39, 0.29) is 0 Å². The van der Waals surface area contributed by atoms with Gasteiger partial charge in [-0.3, -0.25) is 4.98 Å². The Balaban J connectivity index is 1.88. The van der Waals surface area contributed by atoms with Crippen LogP contribution in [0.15, 0.2) is 42.7 Å². The number of nitrogens with two attached hydrogens (primary N) is 1. The summed E-state index contributed by atoms with van der Waals surface area (Å²) in [6.07, 6.45) is 4.38. The third kappa shape index (κ3) is 3.36. The summed E-state index contributed by atoms with van der Waals surface area (Å²) in [5, 5.41) is 0.520. The highest BCUT2D eigenvalue weighted by atomic mass is 35.5. The van der Waals surface area contributed by atoms with Gasteiger partial charge in [0.2, 0.25) is 0 Å². The maximum absolute atomic E-state index is 5.90. The predicted octanol–water partition coefficient (Wildman–Crippen LogP) is 2.94. The number of hydrogen-bond acceptors (Lipinski definition) is 3. The molecular weight excluding hydrogens is 236 g/mol. The van der Waals surface area contributed by atoms with Gasteiger partial charge in [0.25, 0.3) is 0 Å². The number of ether oxygens (including phenoxy) is 1. The minimum absolute atomic E-state index is 0.520. The van der Waals surface area contributed by atoms with E-state index in [0.29, 0.717) is 17.3 Å². The molecule has 0 unspecified atom stereocenters. The number of halogens is 1. The third-order valence-electron chi connectivity index (χ3n) is 2.38. The quantitative estimate of drug-likeness (QED) is 0.847. The predicted molar refractivity (Wildman–Crippen MR) is 69.3 cm³/mol. The van der Waals surface area contributed by atoms with Crippen LogP contribution in [0.25, 0.3) is 0 Å². The minimum Gasteiger partial charge on any atom is -0.493 e. The summed E-state index contributed by atoms with van der Waals surface area (Å²) in [5.74, 6) is 0.734. The fraction of sp³-hybridized carbons (Fsp3) is 0.154. The van der Waals surface area contributed by atoms with Crippen LogP contribution in [-0.2, 0) is 6.42 Å². The van der Waals surface area contributed by atoms with E-state index in [0.717, 1.165) is 12.2 Å². The second-order valence-corrected chi connectivity index (χ2v) is 4.04.